The smallest absolute Gasteiger partial charge is 0.192 e. The van der Waals surface area contributed by atoms with Gasteiger partial charge in [-0.15, -0.1) is 0 Å². The van der Waals surface area contributed by atoms with E-state index in [0.717, 1.165) is 17.7 Å². The summed E-state index contributed by atoms with van der Waals surface area (Å²) in [5.74, 6) is 0.831. The Morgan fingerprint density at radius 1 is 1.10 bits per heavy atom. The van der Waals surface area contributed by atoms with Crippen molar-refractivity contribution in [2.75, 3.05) is 13.7 Å². The summed E-state index contributed by atoms with van der Waals surface area (Å²) in [6, 6.07) is 7.91. The van der Waals surface area contributed by atoms with Crippen molar-refractivity contribution in [2.24, 2.45) is 5.41 Å². The van der Waals surface area contributed by atoms with Crippen LogP contribution in [0.2, 0.25) is 18.1 Å². The minimum Gasteiger partial charge on any atom is -0.497 e. The number of hydrogen-bond acceptors (Lipinski definition) is 4. The number of methoxy groups -OCH3 is 1. The van der Waals surface area contributed by atoms with Gasteiger partial charge in [-0.25, -0.2) is 0 Å². The molecule has 1 aromatic rings. The summed E-state index contributed by atoms with van der Waals surface area (Å²) in [6.07, 6.45) is 4.82. The van der Waals surface area contributed by atoms with Crippen molar-refractivity contribution in [3.8, 4) is 5.75 Å². The van der Waals surface area contributed by atoms with Gasteiger partial charge >= 0.3 is 0 Å². The summed E-state index contributed by atoms with van der Waals surface area (Å²) in [5.41, 5.74) is 0.829. The Kier molecular flexibility index (Phi) is 7.77. The Bertz CT molecular complexity index is 673. The normalized spacial score (nSPS) is 22.7. The summed E-state index contributed by atoms with van der Waals surface area (Å²) >= 11 is 0. The zero-order valence-electron chi connectivity index (χ0n) is 19.7. The van der Waals surface area contributed by atoms with Crippen molar-refractivity contribution in [1.82, 2.24) is 0 Å². The summed E-state index contributed by atoms with van der Waals surface area (Å²) in [4.78, 5) is 0. The zero-order valence-corrected chi connectivity index (χ0v) is 20.7. The van der Waals surface area contributed by atoms with E-state index in [9.17, 15) is 0 Å². The van der Waals surface area contributed by atoms with E-state index in [1.807, 2.05) is 24.3 Å². The third kappa shape index (κ3) is 5.72. The lowest BCUT2D eigenvalue weighted by atomic mass is 9.78. The second-order valence-electron chi connectivity index (χ2n) is 10.0. The molecule has 0 saturated carbocycles. The van der Waals surface area contributed by atoms with Crippen LogP contribution in [-0.4, -0.2) is 34.2 Å². The van der Waals surface area contributed by atoms with Gasteiger partial charge in [0.1, 0.15) is 5.75 Å². The molecule has 0 radical (unpaired) electrons. The minimum absolute atomic E-state index is 0.00647. The Morgan fingerprint density at radius 3 is 2.24 bits per heavy atom. The lowest BCUT2D eigenvalue weighted by molar-refractivity contribution is -0.248. The highest BCUT2D eigenvalue weighted by Crippen LogP contribution is 2.43. The fraction of sp³-hybridized carbons (Fsp3) is 0.667. The first-order valence-corrected chi connectivity index (χ1v) is 13.5. The van der Waals surface area contributed by atoms with E-state index < -0.39 is 8.32 Å². The molecule has 1 fully saturated rings. The van der Waals surface area contributed by atoms with Gasteiger partial charge in [-0.05, 0) is 43.6 Å². The highest BCUT2D eigenvalue weighted by Gasteiger charge is 2.46. The Labute approximate surface area is 178 Å². The molecule has 0 spiro atoms. The van der Waals surface area contributed by atoms with Crippen molar-refractivity contribution in [1.29, 1.82) is 0 Å². The summed E-state index contributed by atoms with van der Waals surface area (Å²) in [6.45, 7) is 18.7. The highest BCUT2D eigenvalue weighted by atomic mass is 28.4. The third-order valence-corrected chi connectivity index (χ3v) is 10.9. The quantitative estimate of drug-likeness (QED) is 0.373. The van der Waals surface area contributed by atoms with Crippen LogP contribution in [0.5, 0.6) is 5.75 Å². The second kappa shape index (κ2) is 9.34. The minimum atomic E-state index is -1.92. The molecule has 164 valence electrons. The van der Waals surface area contributed by atoms with Gasteiger partial charge in [-0.2, -0.15) is 0 Å². The predicted octanol–water partition coefficient (Wildman–Crippen LogP) is 6.49. The fourth-order valence-electron chi connectivity index (χ4n) is 3.31. The SMILES string of the molecule is C/C=C/[C@@H](O[Si](C)(C)C(C)(C)C)C(C)(C)[C@@H]1CCOC(c2ccc(OC)cc2)O1. The van der Waals surface area contributed by atoms with Crippen molar-refractivity contribution in [3.63, 3.8) is 0 Å². The van der Waals surface area contributed by atoms with Gasteiger partial charge in [-0.1, -0.05) is 58.9 Å². The predicted molar refractivity (Wildman–Crippen MR) is 122 cm³/mol. The van der Waals surface area contributed by atoms with Crippen molar-refractivity contribution in [3.05, 3.63) is 42.0 Å². The average molecular weight is 421 g/mol. The molecule has 1 aliphatic heterocycles. The van der Waals surface area contributed by atoms with Crippen LogP contribution in [0.4, 0.5) is 0 Å². The molecule has 0 aliphatic carbocycles. The summed E-state index contributed by atoms with van der Waals surface area (Å²) in [7, 11) is -0.250. The standard InChI is InChI=1S/C24H40O4Si/c1-10-11-21(28-29(8,9)23(2,3)4)24(5,6)20-16-17-26-22(27-20)18-12-14-19(25-7)15-13-18/h10-15,20-22H,16-17H2,1-9H3/b11-10+/t20-,21+,22?/m0/s1. The van der Waals surface area contributed by atoms with E-state index in [1.54, 1.807) is 7.11 Å². The molecule has 1 aromatic carbocycles. The van der Waals surface area contributed by atoms with Crippen molar-refractivity contribution in [2.45, 2.75) is 84.6 Å². The molecule has 1 aliphatic rings. The molecule has 29 heavy (non-hydrogen) atoms. The van der Waals surface area contributed by atoms with E-state index in [4.69, 9.17) is 18.6 Å². The number of ether oxygens (including phenoxy) is 3. The van der Waals surface area contributed by atoms with Crippen LogP contribution < -0.4 is 4.74 Å². The Balaban J connectivity index is 2.21. The molecule has 1 heterocycles. The Hall–Kier alpha value is -1.14. The largest absolute Gasteiger partial charge is 0.497 e. The molecule has 0 bridgehead atoms. The number of hydrogen-bond donors (Lipinski definition) is 0. The molecule has 4 nitrogen and oxygen atoms in total. The van der Waals surface area contributed by atoms with Gasteiger partial charge in [0.05, 0.1) is 25.9 Å². The molecule has 0 N–H and O–H groups in total. The van der Waals surface area contributed by atoms with Crippen LogP contribution >= 0.6 is 0 Å². The summed E-state index contributed by atoms with van der Waals surface area (Å²) < 4.78 is 24.5. The van der Waals surface area contributed by atoms with Crippen LogP contribution in [0, 0.1) is 5.41 Å². The molecule has 0 amide bonds. The molecular formula is C24H40O4Si. The maximum atomic E-state index is 6.85. The second-order valence-corrected chi connectivity index (χ2v) is 14.8. The van der Waals surface area contributed by atoms with E-state index in [-0.39, 0.29) is 29.0 Å². The zero-order chi connectivity index (χ0) is 21.9. The molecule has 3 atom stereocenters. The van der Waals surface area contributed by atoms with Gasteiger partial charge in [0, 0.05) is 11.0 Å². The van der Waals surface area contributed by atoms with Gasteiger partial charge < -0.3 is 18.6 Å². The first kappa shape index (κ1) is 24.1. The monoisotopic (exact) mass is 420 g/mol. The molecule has 2 rings (SSSR count). The van der Waals surface area contributed by atoms with Crippen LogP contribution in [0.25, 0.3) is 0 Å². The van der Waals surface area contributed by atoms with Crippen molar-refractivity contribution < 1.29 is 18.6 Å². The van der Waals surface area contributed by atoms with E-state index >= 15 is 0 Å². The number of rotatable bonds is 7. The molecule has 1 saturated heterocycles. The first-order valence-electron chi connectivity index (χ1n) is 10.6. The lowest BCUT2D eigenvalue weighted by Gasteiger charge is -2.47. The fourth-order valence-corrected chi connectivity index (χ4v) is 4.68. The Morgan fingerprint density at radius 2 is 1.72 bits per heavy atom. The molecule has 0 aromatic heterocycles. The maximum absolute atomic E-state index is 6.85. The van der Waals surface area contributed by atoms with Crippen LogP contribution in [0.1, 0.15) is 59.8 Å². The van der Waals surface area contributed by atoms with Crippen molar-refractivity contribution >= 4 is 8.32 Å². The molecule has 1 unspecified atom stereocenters. The van der Waals surface area contributed by atoms with Crippen LogP contribution in [-0.2, 0) is 13.9 Å². The van der Waals surface area contributed by atoms with E-state index in [1.165, 1.54) is 0 Å². The van der Waals surface area contributed by atoms with Crippen LogP contribution in [0.15, 0.2) is 36.4 Å². The molecular weight excluding hydrogens is 380 g/mol. The molecule has 5 heteroatoms. The van der Waals surface area contributed by atoms with Gasteiger partial charge in [0.25, 0.3) is 0 Å². The van der Waals surface area contributed by atoms with Gasteiger partial charge in [0.2, 0.25) is 0 Å². The first-order chi connectivity index (χ1) is 13.4. The van der Waals surface area contributed by atoms with Gasteiger partial charge in [0.15, 0.2) is 14.6 Å². The third-order valence-electron chi connectivity index (χ3n) is 6.48. The topological polar surface area (TPSA) is 36.9 Å². The van der Waals surface area contributed by atoms with E-state index in [0.29, 0.717) is 6.61 Å². The average Bonchev–Trinajstić information content (AvgIpc) is 2.67. The maximum Gasteiger partial charge on any atom is 0.192 e. The highest BCUT2D eigenvalue weighted by molar-refractivity contribution is 6.74. The van der Waals surface area contributed by atoms with E-state index in [2.05, 4.69) is 66.8 Å². The number of allylic oxidation sites excluding steroid dienone is 1. The summed E-state index contributed by atoms with van der Waals surface area (Å²) in [5, 5.41) is 0.158. The number of benzene rings is 1. The lowest BCUT2D eigenvalue weighted by Crippen LogP contribution is -2.52. The van der Waals surface area contributed by atoms with Gasteiger partial charge in [-0.3, -0.25) is 0 Å². The van der Waals surface area contributed by atoms with Crippen LogP contribution in [0.3, 0.4) is 0 Å².